The Bertz CT molecular complexity index is 862. The summed E-state index contributed by atoms with van der Waals surface area (Å²) < 4.78 is 0. The topological polar surface area (TPSA) is 71.4 Å². The fraction of sp³-hybridized carbons (Fsp3) is 0.150. The molecule has 0 aromatic heterocycles. The standard InChI is InChI=1S/C20H16O4/c1-12(21)11-16(13-7-3-2-4-8-13)17-18(22)14-9-5-6-10-15(14)19(23)20(17)24/h2-10,16,22H,11H2,1H3. The number of fused-ring (bicyclic) bond motifs is 1. The van der Waals surface area contributed by atoms with Gasteiger partial charge in [0.15, 0.2) is 0 Å². The van der Waals surface area contributed by atoms with E-state index in [0.717, 1.165) is 5.56 Å². The number of carbonyl (C=O) groups is 3. The SMILES string of the molecule is CC(=O)CC(C1=C(O)c2ccccc2C(=O)C1=O)c1ccccc1. The Labute approximate surface area is 139 Å². The smallest absolute Gasteiger partial charge is 0.234 e. The number of allylic oxidation sites excluding steroid dienone is 1. The molecule has 2 aromatic rings. The van der Waals surface area contributed by atoms with Crippen molar-refractivity contribution in [3.8, 4) is 0 Å². The van der Waals surface area contributed by atoms with E-state index in [1.165, 1.54) is 13.0 Å². The summed E-state index contributed by atoms with van der Waals surface area (Å²) in [7, 11) is 0. The normalized spacial score (nSPS) is 15.2. The molecule has 3 rings (SSSR count). The summed E-state index contributed by atoms with van der Waals surface area (Å²) in [5.74, 6) is -2.38. The Kier molecular flexibility index (Phi) is 4.13. The molecule has 0 saturated carbocycles. The highest BCUT2D eigenvalue weighted by atomic mass is 16.3. The first kappa shape index (κ1) is 15.9. The molecule has 1 N–H and O–H groups in total. The molecule has 120 valence electrons. The molecule has 0 bridgehead atoms. The van der Waals surface area contributed by atoms with Crippen LogP contribution in [0.5, 0.6) is 0 Å². The molecule has 0 fully saturated rings. The molecular weight excluding hydrogens is 304 g/mol. The van der Waals surface area contributed by atoms with Gasteiger partial charge < -0.3 is 5.11 Å². The van der Waals surface area contributed by atoms with Crippen LogP contribution in [-0.2, 0) is 9.59 Å². The quantitative estimate of drug-likeness (QED) is 0.875. The molecule has 1 unspecified atom stereocenters. The number of carbonyl (C=O) groups excluding carboxylic acids is 3. The van der Waals surface area contributed by atoms with Gasteiger partial charge in [0, 0.05) is 23.5 Å². The number of ketones is 3. The highest BCUT2D eigenvalue weighted by Gasteiger charge is 2.37. The summed E-state index contributed by atoms with van der Waals surface area (Å²) in [6.07, 6.45) is 0.0462. The number of hydrogen-bond donors (Lipinski definition) is 1. The lowest BCUT2D eigenvalue weighted by Crippen LogP contribution is -2.28. The van der Waals surface area contributed by atoms with Crippen LogP contribution in [-0.4, -0.2) is 22.5 Å². The third-order valence-electron chi connectivity index (χ3n) is 4.17. The molecule has 1 aliphatic carbocycles. The van der Waals surface area contributed by atoms with Gasteiger partial charge in [-0.05, 0) is 12.5 Å². The van der Waals surface area contributed by atoms with Gasteiger partial charge >= 0.3 is 0 Å². The molecule has 0 aliphatic heterocycles. The van der Waals surface area contributed by atoms with Crippen LogP contribution < -0.4 is 0 Å². The van der Waals surface area contributed by atoms with Crippen LogP contribution >= 0.6 is 0 Å². The second kappa shape index (κ2) is 6.24. The Morgan fingerprint density at radius 1 is 0.917 bits per heavy atom. The minimum Gasteiger partial charge on any atom is -0.507 e. The van der Waals surface area contributed by atoms with Crippen molar-refractivity contribution in [1.82, 2.24) is 0 Å². The van der Waals surface area contributed by atoms with Gasteiger partial charge in [-0.3, -0.25) is 14.4 Å². The van der Waals surface area contributed by atoms with Crippen LogP contribution in [0.2, 0.25) is 0 Å². The Morgan fingerprint density at radius 2 is 1.50 bits per heavy atom. The van der Waals surface area contributed by atoms with Gasteiger partial charge in [-0.25, -0.2) is 0 Å². The van der Waals surface area contributed by atoms with E-state index in [2.05, 4.69) is 0 Å². The maximum atomic E-state index is 12.6. The predicted molar refractivity (Wildman–Crippen MR) is 89.8 cm³/mol. The highest BCUT2D eigenvalue weighted by Crippen LogP contribution is 2.37. The number of benzene rings is 2. The molecule has 0 radical (unpaired) electrons. The summed E-state index contributed by atoms with van der Waals surface area (Å²) in [6, 6.07) is 15.4. The monoisotopic (exact) mass is 320 g/mol. The van der Waals surface area contributed by atoms with Crippen LogP contribution in [0.25, 0.3) is 5.76 Å². The summed E-state index contributed by atoms with van der Waals surface area (Å²) in [6.45, 7) is 1.43. The first-order valence-electron chi connectivity index (χ1n) is 7.66. The number of aliphatic hydroxyl groups excluding tert-OH is 1. The zero-order valence-corrected chi connectivity index (χ0v) is 13.2. The van der Waals surface area contributed by atoms with Crippen molar-refractivity contribution in [3.63, 3.8) is 0 Å². The van der Waals surface area contributed by atoms with E-state index in [1.54, 1.807) is 42.5 Å². The molecule has 2 aromatic carbocycles. The Hall–Kier alpha value is -3.01. The molecule has 0 amide bonds. The molecular formula is C20H16O4. The first-order chi connectivity index (χ1) is 11.5. The van der Waals surface area contributed by atoms with Crippen LogP contribution in [0.4, 0.5) is 0 Å². The van der Waals surface area contributed by atoms with Crippen molar-refractivity contribution >= 4 is 23.1 Å². The van der Waals surface area contributed by atoms with Gasteiger partial charge in [-0.2, -0.15) is 0 Å². The molecule has 24 heavy (non-hydrogen) atoms. The average Bonchev–Trinajstić information content (AvgIpc) is 2.59. The highest BCUT2D eigenvalue weighted by molar-refractivity contribution is 6.52. The Balaban J connectivity index is 2.21. The van der Waals surface area contributed by atoms with E-state index in [9.17, 15) is 19.5 Å². The minimum absolute atomic E-state index is 0.0000926. The first-order valence-corrected chi connectivity index (χ1v) is 7.66. The van der Waals surface area contributed by atoms with Crippen LogP contribution in [0.1, 0.15) is 40.7 Å². The minimum atomic E-state index is -0.749. The van der Waals surface area contributed by atoms with Crippen molar-refractivity contribution in [3.05, 3.63) is 76.9 Å². The summed E-state index contributed by atoms with van der Waals surface area (Å²) in [5.41, 5.74) is 1.25. The number of rotatable bonds is 4. The van der Waals surface area contributed by atoms with E-state index in [4.69, 9.17) is 0 Å². The number of hydrogen-bond acceptors (Lipinski definition) is 4. The average molecular weight is 320 g/mol. The second-order valence-electron chi connectivity index (χ2n) is 5.84. The molecule has 1 atom stereocenters. The van der Waals surface area contributed by atoms with Crippen LogP contribution in [0, 0.1) is 0 Å². The summed E-state index contributed by atoms with van der Waals surface area (Å²) in [5, 5.41) is 10.6. The number of Topliss-reactive ketones (excluding diaryl/α,β-unsaturated/α-hetero) is 3. The molecule has 0 saturated heterocycles. The van der Waals surface area contributed by atoms with Crippen molar-refractivity contribution in [2.75, 3.05) is 0 Å². The van der Waals surface area contributed by atoms with Gasteiger partial charge in [0.05, 0.1) is 5.57 Å². The maximum Gasteiger partial charge on any atom is 0.234 e. The lowest BCUT2D eigenvalue weighted by molar-refractivity contribution is -0.117. The van der Waals surface area contributed by atoms with E-state index < -0.39 is 17.5 Å². The van der Waals surface area contributed by atoms with Crippen molar-refractivity contribution in [1.29, 1.82) is 0 Å². The van der Waals surface area contributed by atoms with Crippen molar-refractivity contribution in [2.24, 2.45) is 0 Å². The van der Waals surface area contributed by atoms with Gasteiger partial charge in [0.1, 0.15) is 11.5 Å². The van der Waals surface area contributed by atoms with E-state index >= 15 is 0 Å². The van der Waals surface area contributed by atoms with Crippen LogP contribution in [0.3, 0.4) is 0 Å². The third kappa shape index (κ3) is 2.67. The van der Waals surface area contributed by atoms with Gasteiger partial charge in [-0.1, -0.05) is 54.6 Å². The summed E-state index contributed by atoms with van der Waals surface area (Å²) >= 11 is 0. The lowest BCUT2D eigenvalue weighted by atomic mass is 9.78. The van der Waals surface area contributed by atoms with Gasteiger partial charge in [0.2, 0.25) is 11.6 Å². The predicted octanol–water partition coefficient (Wildman–Crippen LogP) is 3.48. The molecule has 4 nitrogen and oxygen atoms in total. The van der Waals surface area contributed by atoms with Crippen molar-refractivity contribution in [2.45, 2.75) is 19.3 Å². The van der Waals surface area contributed by atoms with E-state index in [0.29, 0.717) is 5.56 Å². The van der Waals surface area contributed by atoms with E-state index in [-0.39, 0.29) is 29.1 Å². The Morgan fingerprint density at radius 3 is 2.12 bits per heavy atom. The fourth-order valence-electron chi connectivity index (χ4n) is 3.07. The lowest BCUT2D eigenvalue weighted by Gasteiger charge is -2.24. The third-order valence-corrected chi connectivity index (χ3v) is 4.17. The van der Waals surface area contributed by atoms with E-state index in [1.807, 2.05) is 6.07 Å². The molecule has 1 aliphatic rings. The fourth-order valence-corrected chi connectivity index (χ4v) is 3.07. The zero-order valence-electron chi connectivity index (χ0n) is 13.2. The van der Waals surface area contributed by atoms with Gasteiger partial charge in [-0.15, -0.1) is 0 Å². The largest absolute Gasteiger partial charge is 0.507 e. The van der Waals surface area contributed by atoms with Crippen molar-refractivity contribution < 1.29 is 19.5 Å². The summed E-state index contributed by atoms with van der Waals surface area (Å²) in [4.78, 5) is 36.7. The zero-order chi connectivity index (χ0) is 17.3. The molecule has 0 spiro atoms. The molecule has 4 heteroatoms. The van der Waals surface area contributed by atoms with Gasteiger partial charge in [0.25, 0.3) is 0 Å². The molecule has 0 heterocycles. The van der Waals surface area contributed by atoms with Crippen LogP contribution in [0.15, 0.2) is 60.2 Å². The second-order valence-corrected chi connectivity index (χ2v) is 5.84. The maximum absolute atomic E-state index is 12.6. The number of aliphatic hydroxyl groups is 1.